The normalized spacial score (nSPS) is 17.1. The minimum absolute atomic E-state index is 0. The summed E-state index contributed by atoms with van der Waals surface area (Å²) in [5.41, 5.74) is 1.32. The summed E-state index contributed by atoms with van der Waals surface area (Å²) >= 11 is 1.89. The van der Waals surface area contributed by atoms with Crippen LogP contribution >= 0.6 is 35.3 Å². The third-order valence-corrected chi connectivity index (χ3v) is 5.79. The molecule has 2 aromatic heterocycles. The number of nitrogens with one attached hydrogen (secondary N) is 3. The smallest absolute Gasteiger partial charge is 0.191 e. The molecule has 2 aromatic rings. The van der Waals surface area contributed by atoms with Crippen molar-refractivity contribution in [3.8, 4) is 0 Å². The molecule has 1 fully saturated rings. The minimum atomic E-state index is 0. The highest BCUT2D eigenvalue weighted by Crippen LogP contribution is 2.41. The summed E-state index contributed by atoms with van der Waals surface area (Å²) in [6.45, 7) is 1.64. The van der Waals surface area contributed by atoms with E-state index in [4.69, 9.17) is 0 Å². The Labute approximate surface area is 164 Å². The van der Waals surface area contributed by atoms with Crippen molar-refractivity contribution in [1.29, 1.82) is 0 Å². The van der Waals surface area contributed by atoms with E-state index >= 15 is 0 Å². The fourth-order valence-corrected chi connectivity index (χ4v) is 4.34. The monoisotopic (exact) mass is 459 g/mol. The van der Waals surface area contributed by atoms with E-state index in [1.54, 1.807) is 6.20 Å². The van der Waals surface area contributed by atoms with E-state index in [1.165, 1.54) is 37.0 Å². The van der Waals surface area contributed by atoms with Crippen molar-refractivity contribution >= 4 is 41.3 Å². The zero-order valence-electron chi connectivity index (χ0n) is 14.0. The van der Waals surface area contributed by atoms with E-state index in [9.17, 15) is 0 Å². The third-order valence-electron chi connectivity index (χ3n) is 4.68. The van der Waals surface area contributed by atoms with Crippen LogP contribution in [0.4, 0.5) is 0 Å². The molecule has 1 aliphatic carbocycles. The number of H-pyrrole nitrogens is 1. The average Bonchev–Trinajstić information content (AvgIpc) is 3.30. The highest BCUT2D eigenvalue weighted by molar-refractivity contribution is 14.0. The SMILES string of the molecule is CN=C(NCc1ccn[nH]1)NCC1(c2cccs2)CCCCC1.I. The van der Waals surface area contributed by atoms with E-state index in [1.807, 2.05) is 24.5 Å². The van der Waals surface area contributed by atoms with Gasteiger partial charge in [-0.05, 0) is 30.4 Å². The van der Waals surface area contributed by atoms with Crippen LogP contribution in [0.15, 0.2) is 34.8 Å². The van der Waals surface area contributed by atoms with Gasteiger partial charge in [0, 0.05) is 30.1 Å². The molecule has 0 atom stereocenters. The Bertz CT molecular complexity index is 603. The van der Waals surface area contributed by atoms with Crippen LogP contribution in [0.25, 0.3) is 0 Å². The zero-order valence-corrected chi connectivity index (χ0v) is 17.2. The molecule has 1 aliphatic rings. The molecule has 0 aromatic carbocycles. The summed E-state index contributed by atoms with van der Waals surface area (Å²) in [5.74, 6) is 0.848. The highest BCUT2D eigenvalue weighted by Gasteiger charge is 2.34. The topological polar surface area (TPSA) is 65.1 Å². The number of aliphatic imine (C=N–C) groups is 1. The standard InChI is InChI=1S/C17H25N5S.HI/c1-18-16(19-12-14-7-10-21-22-14)20-13-17(8-3-2-4-9-17)15-6-5-11-23-15;/h5-7,10-11H,2-4,8-9,12-13H2,1H3,(H,21,22)(H2,18,19,20);1H. The molecule has 0 aliphatic heterocycles. The van der Waals surface area contributed by atoms with Crippen LogP contribution in [0.5, 0.6) is 0 Å². The molecule has 2 heterocycles. The molecule has 3 N–H and O–H groups in total. The van der Waals surface area contributed by atoms with Crippen LogP contribution in [-0.4, -0.2) is 29.7 Å². The maximum absolute atomic E-state index is 4.35. The Morgan fingerprint density at radius 3 is 2.75 bits per heavy atom. The van der Waals surface area contributed by atoms with Gasteiger partial charge in [0.1, 0.15) is 0 Å². The van der Waals surface area contributed by atoms with Crippen molar-refractivity contribution in [3.05, 3.63) is 40.3 Å². The summed E-state index contributed by atoms with van der Waals surface area (Å²) in [6, 6.07) is 6.43. The largest absolute Gasteiger partial charge is 0.355 e. The Balaban J connectivity index is 0.00000208. The first-order chi connectivity index (χ1) is 11.3. The fourth-order valence-electron chi connectivity index (χ4n) is 3.35. The number of hydrogen-bond donors (Lipinski definition) is 3. The molecule has 5 nitrogen and oxygen atoms in total. The number of nitrogens with zero attached hydrogens (tertiary/aromatic N) is 2. The summed E-state index contributed by atoms with van der Waals surface area (Å²) in [5, 5.41) is 16.0. The van der Waals surface area contributed by atoms with Gasteiger partial charge in [-0.1, -0.05) is 25.3 Å². The van der Waals surface area contributed by atoms with Crippen LogP contribution in [0.2, 0.25) is 0 Å². The lowest BCUT2D eigenvalue weighted by Gasteiger charge is -2.37. The van der Waals surface area contributed by atoms with Crippen LogP contribution in [-0.2, 0) is 12.0 Å². The lowest BCUT2D eigenvalue weighted by atomic mass is 9.73. The summed E-state index contributed by atoms with van der Waals surface area (Å²) < 4.78 is 0. The third kappa shape index (κ3) is 4.72. The number of halogens is 1. The molecule has 0 amide bonds. The van der Waals surface area contributed by atoms with Gasteiger partial charge in [-0.3, -0.25) is 10.1 Å². The quantitative estimate of drug-likeness (QED) is 0.363. The molecule has 0 saturated heterocycles. The van der Waals surface area contributed by atoms with Crippen LogP contribution in [0, 0.1) is 0 Å². The van der Waals surface area contributed by atoms with Gasteiger partial charge in [-0.2, -0.15) is 5.10 Å². The van der Waals surface area contributed by atoms with Crippen molar-refractivity contribution in [2.75, 3.05) is 13.6 Å². The Hall–Kier alpha value is -1.09. The molecule has 0 bridgehead atoms. The van der Waals surface area contributed by atoms with Gasteiger partial charge in [0.15, 0.2) is 5.96 Å². The van der Waals surface area contributed by atoms with E-state index in [0.717, 1.165) is 18.2 Å². The molecule has 24 heavy (non-hydrogen) atoms. The van der Waals surface area contributed by atoms with Crippen molar-refractivity contribution in [2.45, 2.75) is 44.1 Å². The first-order valence-corrected chi connectivity index (χ1v) is 9.17. The molecule has 132 valence electrons. The molecular formula is C17H26IN5S. The van der Waals surface area contributed by atoms with Gasteiger partial charge in [-0.25, -0.2) is 0 Å². The van der Waals surface area contributed by atoms with Crippen LogP contribution < -0.4 is 10.6 Å². The van der Waals surface area contributed by atoms with Crippen molar-refractivity contribution < 1.29 is 0 Å². The van der Waals surface area contributed by atoms with Gasteiger partial charge >= 0.3 is 0 Å². The van der Waals surface area contributed by atoms with Gasteiger partial charge in [0.05, 0.1) is 12.2 Å². The summed E-state index contributed by atoms with van der Waals surface area (Å²) in [7, 11) is 1.82. The second kappa shape index (κ2) is 9.41. The fraction of sp³-hybridized carbons (Fsp3) is 0.529. The van der Waals surface area contributed by atoms with Gasteiger partial charge in [-0.15, -0.1) is 35.3 Å². The first-order valence-electron chi connectivity index (χ1n) is 8.29. The van der Waals surface area contributed by atoms with Crippen molar-refractivity contribution in [1.82, 2.24) is 20.8 Å². The highest BCUT2D eigenvalue weighted by atomic mass is 127. The molecule has 0 unspecified atom stereocenters. The van der Waals surface area contributed by atoms with Crippen LogP contribution in [0.1, 0.15) is 42.7 Å². The predicted molar refractivity (Wildman–Crippen MR) is 111 cm³/mol. The zero-order chi connectivity index (χ0) is 16.0. The molecule has 0 radical (unpaired) electrons. The molecule has 7 heteroatoms. The summed E-state index contributed by atoms with van der Waals surface area (Å²) in [4.78, 5) is 5.86. The number of thiophene rings is 1. The number of rotatable bonds is 5. The van der Waals surface area contributed by atoms with Crippen LogP contribution in [0.3, 0.4) is 0 Å². The average molecular weight is 459 g/mol. The minimum Gasteiger partial charge on any atom is -0.355 e. The second-order valence-electron chi connectivity index (χ2n) is 6.18. The molecule has 0 spiro atoms. The molecule has 3 rings (SSSR count). The summed E-state index contributed by atoms with van der Waals surface area (Å²) in [6.07, 6.45) is 8.29. The second-order valence-corrected chi connectivity index (χ2v) is 7.13. The van der Waals surface area contributed by atoms with Gasteiger partial charge < -0.3 is 10.6 Å². The van der Waals surface area contributed by atoms with E-state index < -0.39 is 0 Å². The predicted octanol–water partition coefficient (Wildman–Crippen LogP) is 3.66. The maximum atomic E-state index is 4.35. The van der Waals surface area contributed by atoms with E-state index in [0.29, 0.717) is 6.54 Å². The number of guanidine groups is 1. The first kappa shape index (κ1) is 19.2. The Kier molecular flexibility index (Phi) is 7.54. The van der Waals surface area contributed by atoms with Gasteiger partial charge in [0.2, 0.25) is 0 Å². The number of aromatic nitrogens is 2. The molecular weight excluding hydrogens is 433 g/mol. The lowest BCUT2D eigenvalue weighted by Crippen LogP contribution is -2.46. The van der Waals surface area contributed by atoms with E-state index in [-0.39, 0.29) is 29.4 Å². The van der Waals surface area contributed by atoms with Crippen molar-refractivity contribution in [2.24, 2.45) is 4.99 Å². The Morgan fingerprint density at radius 1 is 1.29 bits per heavy atom. The number of hydrogen-bond acceptors (Lipinski definition) is 3. The Morgan fingerprint density at radius 2 is 2.12 bits per heavy atom. The van der Waals surface area contributed by atoms with E-state index in [2.05, 4.69) is 43.3 Å². The number of aromatic amines is 1. The lowest BCUT2D eigenvalue weighted by molar-refractivity contribution is 0.296. The molecule has 1 saturated carbocycles. The van der Waals surface area contributed by atoms with Gasteiger partial charge in [0.25, 0.3) is 0 Å². The maximum Gasteiger partial charge on any atom is 0.191 e. The van der Waals surface area contributed by atoms with Crippen molar-refractivity contribution in [3.63, 3.8) is 0 Å².